The van der Waals surface area contributed by atoms with E-state index in [1.54, 1.807) is 42.5 Å². The minimum atomic E-state index is -3.84. The molecule has 0 radical (unpaired) electrons. The van der Waals surface area contributed by atoms with Gasteiger partial charge < -0.3 is 10.1 Å². The Bertz CT molecular complexity index is 1100. The van der Waals surface area contributed by atoms with Crippen LogP contribution in [0.1, 0.15) is 5.56 Å². The predicted octanol–water partition coefficient (Wildman–Crippen LogP) is 2.96. The molecule has 3 aromatic rings. The van der Waals surface area contributed by atoms with E-state index in [2.05, 4.69) is 5.32 Å². The van der Waals surface area contributed by atoms with Gasteiger partial charge in [-0.25, -0.2) is 8.42 Å². The minimum Gasteiger partial charge on any atom is -0.476 e. The molecule has 0 spiro atoms. The van der Waals surface area contributed by atoms with Crippen LogP contribution >= 0.6 is 0 Å². The van der Waals surface area contributed by atoms with Crippen molar-refractivity contribution in [2.75, 3.05) is 10.8 Å². The standard InChI is InChI=1S/C22H20N2O4S/c25-22(23-15-17-9-3-1-4-10-17)21-16-24(19-13-7-8-14-20(19)28-21)29(26,27)18-11-5-2-6-12-18/h1-14,21H,15-16H2,(H,23,25). The summed E-state index contributed by atoms with van der Waals surface area (Å²) in [5.41, 5.74) is 1.37. The molecule has 0 saturated heterocycles. The number of ether oxygens (including phenoxy) is 1. The van der Waals surface area contributed by atoms with Crippen molar-refractivity contribution in [3.63, 3.8) is 0 Å². The lowest BCUT2D eigenvalue weighted by Crippen LogP contribution is -2.50. The normalized spacial score (nSPS) is 15.9. The topological polar surface area (TPSA) is 75.7 Å². The molecular weight excluding hydrogens is 388 g/mol. The van der Waals surface area contributed by atoms with Crippen LogP contribution in [-0.4, -0.2) is 27.0 Å². The first-order valence-corrected chi connectivity index (χ1v) is 10.6. The van der Waals surface area contributed by atoms with Gasteiger partial charge in [-0.2, -0.15) is 0 Å². The van der Waals surface area contributed by atoms with Crippen LogP contribution in [0.2, 0.25) is 0 Å². The molecule has 0 aliphatic carbocycles. The molecule has 1 unspecified atom stereocenters. The van der Waals surface area contributed by atoms with E-state index in [0.29, 0.717) is 18.0 Å². The van der Waals surface area contributed by atoms with Crippen LogP contribution in [-0.2, 0) is 21.4 Å². The Hall–Kier alpha value is -3.32. The summed E-state index contributed by atoms with van der Waals surface area (Å²) in [6.07, 6.45) is -0.952. The number of carbonyl (C=O) groups excluding carboxylic acids is 1. The summed E-state index contributed by atoms with van der Waals surface area (Å²) < 4.78 is 33.5. The third kappa shape index (κ3) is 3.95. The molecule has 6 nitrogen and oxygen atoms in total. The minimum absolute atomic E-state index is 0.102. The van der Waals surface area contributed by atoms with Gasteiger partial charge in [0.2, 0.25) is 0 Å². The van der Waals surface area contributed by atoms with E-state index in [4.69, 9.17) is 4.74 Å². The summed E-state index contributed by atoms with van der Waals surface area (Å²) >= 11 is 0. The quantitative estimate of drug-likeness (QED) is 0.704. The molecule has 1 aliphatic heterocycles. The Kier molecular flexibility index (Phi) is 5.22. The average molecular weight is 408 g/mol. The Morgan fingerprint density at radius 3 is 2.28 bits per heavy atom. The molecule has 0 bridgehead atoms. The third-order valence-electron chi connectivity index (χ3n) is 4.67. The molecule has 1 amide bonds. The van der Waals surface area contributed by atoms with Gasteiger partial charge in [0.1, 0.15) is 5.75 Å². The fraction of sp³-hybridized carbons (Fsp3) is 0.136. The SMILES string of the molecule is O=C(NCc1ccccc1)C1CN(S(=O)(=O)c2ccccc2)c2ccccc2O1. The van der Waals surface area contributed by atoms with Crippen LogP contribution in [0.4, 0.5) is 5.69 Å². The first-order chi connectivity index (χ1) is 14.1. The number of sulfonamides is 1. The number of hydrogen-bond acceptors (Lipinski definition) is 4. The van der Waals surface area contributed by atoms with Gasteiger partial charge in [-0.3, -0.25) is 9.10 Å². The number of fused-ring (bicyclic) bond motifs is 1. The Morgan fingerprint density at radius 1 is 0.931 bits per heavy atom. The number of para-hydroxylation sites is 2. The van der Waals surface area contributed by atoms with E-state index in [9.17, 15) is 13.2 Å². The molecule has 0 aromatic heterocycles. The Morgan fingerprint density at radius 2 is 1.55 bits per heavy atom. The van der Waals surface area contributed by atoms with E-state index < -0.39 is 16.1 Å². The van der Waals surface area contributed by atoms with Crippen molar-refractivity contribution in [3.05, 3.63) is 90.5 Å². The molecule has 4 rings (SSSR count). The summed E-state index contributed by atoms with van der Waals surface area (Å²) in [5, 5.41) is 2.83. The fourth-order valence-corrected chi connectivity index (χ4v) is 4.68. The number of nitrogens with zero attached hydrogens (tertiary/aromatic N) is 1. The highest BCUT2D eigenvalue weighted by atomic mass is 32.2. The molecule has 148 valence electrons. The van der Waals surface area contributed by atoms with E-state index in [-0.39, 0.29) is 17.3 Å². The first kappa shape index (κ1) is 19.0. The van der Waals surface area contributed by atoms with E-state index in [0.717, 1.165) is 5.56 Å². The van der Waals surface area contributed by atoms with Gasteiger partial charge in [0.05, 0.1) is 17.1 Å². The third-order valence-corrected chi connectivity index (χ3v) is 6.46. The highest BCUT2D eigenvalue weighted by Crippen LogP contribution is 2.36. The van der Waals surface area contributed by atoms with Crippen LogP contribution in [0, 0.1) is 0 Å². The molecule has 1 aliphatic rings. The zero-order valence-corrected chi connectivity index (χ0v) is 16.4. The van der Waals surface area contributed by atoms with Gasteiger partial charge in [-0.15, -0.1) is 0 Å². The van der Waals surface area contributed by atoms with E-state index in [1.807, 2.05) is 30.3 Å². The summed E-state index contributed by atoms with van der Waals surface area (Å²) in [7, 11) is -3.84. The van der Waals surface area contributed by atoms with Crippen molar-refractivity contribution >= 4 is 21.6 Å². The average Bonchev–Trinajstić information content (AvgIpc) is 2.78. The fourth-order valence-electron chi connectivity index (χ4n) is 3.18. The molecule has 1 atom stereocenters. The zero-order chi connectivity index (χ0) is 20.3. The van der Waals surface area contributed by atoms with Crippen LogP contribution in [0.25, 0.3) is 0 Å². The summed E-state index contributed by atoms with van der Waals surface area (Å²) in [6.45, 7) is 0.238. The second-order valence-corrected chi connectivity index (χ2v) is 8.49. The first-order valence-electron chi connectivity index (χ1n) is 9.21. The number of hydrogen-bond donors (Lipinski definition) is 1. The van der Waals surface area contributed by atoms with Crippen molar-refractivity contribution in [2.45, 2.75) is 17.5 Å². The number of rotatable bonds is 5. The second-order valence-electron chi connectivity index (χ2n) is 6.63. The highest BCUT2D eigenvalue weighted by Gasteiger charge is 2.37. The van der Waals surface area contributed by atoms with Gasteiger partial charge >= 0.3 is 0 Å². The van der Waals surface area contributed by atoms with Gasteiger partial charge in [-0.05, 0) is 29.8 Å². The van der Waals surface area contributed by atoms with Crippen molar-refractivity contribution in [2.24, 2.45) is 0 Å². The molecule has 7 heteroatoms. The van der Waals surface area contributed by atoms with Gasteiger partial charge in [0.25, 0.3) is 15.9 Å². The molecule has 1 heterocycles. The van der Waals surface area contributed by atoms with Crippen molar-refractivity contribution in [1.29, 1.82) is 0 Å². The number of amides is 1. The maximum absolute atomic E-state index is 13.2. The van der Waals surface area contributed by atoms with E-state index in [1.165, 1.54) is 16.4 Å². The van der Waals surface area contributed by atoms with Gasteiger partial charge in [0, 0.05) is 6.54 Å². The van der Waals surface area contributed by atoms with Crippen LogP contribution < -0.4 is 14.4 Å². The largest absolute Gasteiger partial charge is 0.476 e. The smallest absolute Gasteiger partial charge is 0.264 e. The zero-order valence-electron chi connectivity index (χ0n) is 15.6. The van der Waals surface area contributed by atoms with Gasteiger partial charge in [-0.1, -0.05) is 60.7 Å². The summed E-state index contributed by atoms with van der Waals surface area (Å²) in [5.74, 6) is -0.00487. The predicted molar refractivity (Wildman–Crippen MR) is 110 cm³/mol. The van der Waals surface area contributed by atoms with Crippen molar-refractivity contribution < 1.29 is 17.9 Å². The van der Waals surface area contributed by atoms with Crippen LogP contribution in [0.15, 0.2) is 89.8 Å². The molecule has 0 saturated carbocycles. The monoisotopic (exact) mass is 408 g/mol. The number of benzene rings is 3. The molecular formula is C22H20N2O4S. The molecule has 0 fully saturated rings. The lowest BCUT2D eigenvalue weighted by atomic mass is 10.2. The van der Waals surface area contributed by atoms with Gasteiger partial charge in [0.15, 0.2) is 6.10 Å². The Balaban J connectivity index is 1.60. The lowest BCUT2D eigenvalue weighted by molar-refractivity contribution is -0.127. The highest BCUT2D eigenvalue weighted by molar-refractivity contribution is 7.92. The molecule has 3 aromatic carbocycles. The van der Waals surface area contributed by atoms with Crippen molar-refractivity contribution in [3.8, 4) is 5.75 Å². The number of nitrogens with one attached hydrogen (secondary N) is 1. The Labute approximate surface area is 169 Å². The summed E-state index contributed by atoms with van der Waals surface area (Å²) in [6, 6.07) is 24.5. The van der Waals surface area contributed by atoms with Crippen LogP contribution in [0.5, 0.6) is 5.75 Å². The lowest BCUT2D eigenvalue weighted by Gasteiger charge is -2.34. The summed E-state index contributed by atoms with van der Waals surface area (Å²) in [4.78, 5) is 12.9. The molecule has 29 heavy (non-hydrogen) atoms. The van der Waals surface area contributed by atoms with Crippen molar-refractivity contribution in [1.82, 2.24) is 5.32 Å². The van der Waals surface area contributed by atoms with E-state index >= 15 is 0 Å². The maximum Gasteiger partial charge on any atom is 0.264 e. The second kappa shape index (κ2) is 7.97. The molecule has 1 N–H and O–H groups in total. The maximum atomic E-state index is 13.2. The van der Waals surface area contributed by atoms with Crippen LogP contribution in [0.3, 0.4) is 0 Å². The number of carbonyl (C=O) groups is 1. The number of anilines is 1.